The minimum atomic E-state index is -3.19. The van der Waals surface area contributed by atoms with Crippen LogP contribution in [0.4, 0.5) is 0 Å². The average Bonchev–Trinajstić information content (AvgIpc) is 2.27. The smallest absolute Gasteiger partial charge is 0.322 e. The number of halogens is 1. The Kier molecular flexibility index (Phi) is 6.31. The lowest BCUT2D eigenvalue weighted by Gasteiger charge is -2.09. The molecule has 0 saturated carbocycles. The number of esters is 1. The molecule has 7 heteroatoms. The maximum absolute atomic E-state index is 11.2. The summed E-state index contributed by atoms with van der Waals surface area (Å²) < 4.78 is 26.9. The Labute approximate surface area is 113 Å². The summed E-state index contributed by atoms with van der Waals surface area (Å²) in [6.45, 7) is 0. The van der Waals surface area contributed by atoms with Crippen molar-refractivity contribution >= 4 is 28.2 Å². The zero-order chi connectivity index (χ0) is 13.1. The first-order valence-corrected chi connectivity index (χ1v) is 6.86. The molecule has 1 aromatic rings. The predicted octanol–water partition coefficient (Wildman–Crippen LogP) is 0.555. The highest BCUT2D eigenvalue weighted by molar-refractivity contribution is 7.90. The Morgan fingerprint density at radius 2 is 1.83 bits per heavy atom. The summed E-state index contributed by atoms with van der Waals surface area (Å²) in [6, 6.07) is 5.53. The summed E-state index contributed by atoms with van der Waals surface area (Å²) in [7, 11) is -1.92. The van der Waals surface area contributed by atoms with E-state index in [-0.39, 0.29) is 17.3 Å². The number of sulfone groups is 1. The van der Waals surface area contributed by atoms with Gasteiger partial charge >= 0.3 is 5.97 Å². The molecule has 18 heavy (non-hydrogen) atoms. The average molecular weight is 294 g/mol. The van der Waals surface area contributed by atoms with E-state index in [1.54, 1.807) is 12.1 Å². The summed E-state index contributed by atoms with van der Waals surface area (Å²) in [5, 5.41) is 0. The second-order valence-electron chi connectivity index (χ2n) is 3.75. The van der Waals surface area contributed by atoms with Crippen LogP contribution in [0.25, 0.3) is 0 Å². The third-order valence-corrected chi connectivity index (χ3v) is 3.44. The Hall–Kier alpha value is -1.11. The molecule has 0 spiro atoms. The van der Waals surface area contributed by atoms with Gasteiger partial charge in [-0.15, -0.1) is 12.4 Å². The summed E-state index contributed by atoms with van der Waals surface area (Å²) in [4.78, 5) is 11.3. The number of methoxy groups -OCH3 is 1. The molecule has 0 aliphatic carbocycles. The van der Waals surface area contributed by atoms with Gasteiger partial charge in [-0.1, -0.05) is 12.1 Å². The van der Waals surface area contributed by atoms with Crippen molar-refractivity contribution in [3.8, 4) is 0 Å². The van der Waals surface area contributed by atoms with Crippen molar-refractivity contribution in [2.24, 2.45) is 5.73 Å². The Balaban J connectivity index is 0.00000289. The molecule has 102 valence electrons. The fourth-order valence-corrected chi connectivity index (χ4v) is 1.99. The van der Waals surface area contributed by atoms with Crippen LogP contribution in [0.3, 0.4) is 0 Å². The van der Waals surface area contributed by atoms with Crippen molar-refractivity contribution in [1.82, 2.24) is 0 Å². The zero-order valence-electron chi connectivity index (χ0n) is 10.1. The normalized spacial score (nSPS) is 12.4. The van der Waals surface area contributed by atoms with Gasteiger partial charge in [0.2, 0.25) is 0 Å². The fraction of sp³-hybridized carbons (Fsp3) is 0.364. The lowest BCUT2D eigenvalue weighted by Crippen LogP contribution is -2.33. The monoisotopic (exact) mass is 293 g/mol. The van der Waals surface area contributed by atoms with Gasteiger partial charge in [-0.25, -0.2) is 8.42 Å². The SMILES string of the molecule is COC(=O)C(N)Cc1ccc(S(C)(=O)=O)cc1.Cl. The molecular formula is C11H16ClNO4S. The van der Waals surface area contributed by atoms with Crippen LogP contribution in [0.5, 0.6) is 0 Å². The molecule has 0 heterocycles. The first kappa shape index (κ1) is 16.9. The van der Waals surface area contributed by atoms with Gasteiger partial charge in [0.1, 0.15) is 6.04 Å². The van der Waals surface area contributed by atoms with Crippen LogP contribution in [0, 0.1) is 0 Å². The Morgan fingerprint density at radius 3 is 2.22 bits per heavy atom. The number of rotatable bonds is 4. The van der Waals surface area contributed by atoms with Gasteiger partial charge in [0, 0.05) is 6.26 Å². The van der Waals surface area contributed by atoms with Crippen LogP contribution in [0.1, 0.15) is 5.56 Å². The summed E-state index contributed by atoms with van der Waals surface area (Å²) in [5.74, 6) is -0.489. The highest BCUT2D eigenvalue weighted by atomic mass is 35.5. The summed E-state index contributed by atoms with van der Waals surface area (Å²) in [5.41, 5.74) is 6.38. The largest absolute Gasteiger partial charge is 0.468 e. The topological polar surface area (TPSA) is 86.5 Å². The molecule has 0 radical (unpaired) electrons. The van der Waals surface area contributed by atoms with Gasteiger partial charge in [-0.3, -0.25) is 4.79 Å². The molecule has 1 aromatic carbocycles. The van der Waals surface area contributed by atoms with Gasteiger partial charge in [0.05, 0.1) is 12.0 Å². The molecule has 1 rings (SSSR count). The number of carbonyl (C=O) groups excluding carboxylic acids is 1. The number of hydrogen-bond donors (Lipinski definition) is 1. The molecule has 0 aliphatic rings. The van der Waals surface area contributed by atoms with Crippen LogP contribution >= 0.6 is 12.4 Å². The van der Waals surface area contributed by atoms with Gasteiger partial charge in [0.15, 0.2) is 9.84 Å². The van der Waals surface area contributed by atoms with Crippen LogP contribution in [0.15, 0.2) is 29.2 Å². The third kappa shape index (κ3) is 4.64. The lowest BCUT2D eigenvalue weighted by molar-refractivity contribution is -0.142. The summed E-state index contributed by atoms with van der Waals surface area (Å²) >= 11 is 0. The third-order valence-electron chi connectivity index (χ3n) is 2.31. The van der Waals surface area contributed by atoms with E-state index >= 15 is 0 Å². The predicted molar refractivity (Wildman–Crippen MR) is 70.5 cm³/mol. The second kappa shape index (κ2) is 6.72. The van der Waals surface area contributed by atoms with Crippen LogP contribution in [-0.2, 0) is 25.8 Å². The molecule has 2 N–H and O–H groups in total. The molecule has 1 unspecified atom stereocenters. The van der Waals surface area contributed by atoms with Crippen molar-refractivity contribution in [2.45, 2.75) is 17.4 Å². The van der Waals surface area contributed by atoms with Gasteiger partial charge in [-0.05, 0) is 24.1 Å². The second-order valence-corrected chi connectivity index (χ2v) is 5.77. The van der Waals surface area contributed by atoms with Crippen molar-refractivity contribution in [2.75, 3.05) is 13.4 Å². The van der Waals surface area contributed by atoms with E-state index in [1.807, 2.05) is 0 Å². The number of carbonyl (C=O) groups is 1. The van der Waals surface area contributed by atoms with E-state index in [0.29, 0.717) is 6.42 Å². The minimum Gasteiger partial charge on any atom is -0.468 e. The highest BCUT2D eigenvalue weighted by Gasteiger charge is 2.14. The van der Waals surface area contributed by atoms with Gasteiger partial charge in [0.25, 0.3) is 0 Å². The van der Waals surface area contributed by atoms with Crippen LogP contribution in [-0.4, -0.2) is 33.8 Å². The maximum atomic E-state index is 11.2. The molecule has 0 fully saturated rings. The number of ether oxygens (including phenoxy) is 1. The number of benzene rings is 1. The van der Waals surface area contributed by atoms with E-state index in [4.69, 9.17) is 5.73 Å². The molecule has 0 amide bonds. The van der Waals surface area contributed by atoms with Gasteiger partial charge in [-0.2, -0.15) is 0 Å². The van der Waals surface area contributed by atoms with Crippen molar-refractivity contribution in [3.05, 3.63) is 29.8 Å². The molecule has 0 aromatic heterocycles. The molecule has 5 nitrogen and oxygen atoms in total. The molecule has 0 bridgehead atoms. The van der Waals surface area contributed by atoms with Crippen LogP contribution < -0.4 is 5.73 Å². The molecule has 0 saturated heterocycles. The number of hydrogen-bond acceptors (Lipinski definition) is 5. The van der Waals surface area contributed by atoms with E-state index in [2.05, 4.69) is 4.74 Å². The summed E-state index contributed by atoms with van der Waals surface area (Å²) in [6.07, 6.45) is 1.46. The lowest BCUT2D eigenvalue weighted by atomic mass is 10.1. The number of nitrogens with two attached hydrogens (primary N) is 1. The van der Waals surface area contributed by atoms with E-state index < -0.39 is 21.8 Å². The highest BCUT2D eigenvalue weighted by Crippen LogP contribution is 2.11. The maximum Gasteiger partial charge on any atom is 0.322 e. The van der Waals surface area contributed by atoms with Crippen molar-refractivity contribution < 1.29 is 17.9 Å². The first-order chi connectivity index (χ1) is 7.84. The standard InChI is InChI=1S/C11H15NO4S.ClH/c1-16-11(13)10(12)7-8-3-5-9(6-4-8)17(2,14)15;/h3-6,10H,7,12H2,1-2H3;1H. The van der Waals surface area contributed by atoms with E-state index in [9.17, 15) is 13.2 Å². The Morgan fingerprint density at radius 1 is 1.33 bits per heavy atom. The van der Waals surface area contributed by atoms with Crippen molar-refractivity contribution in [1.29, 1.82) is 0 Å². The zero-order valence-corrected chi connectivity index (χ0v) is 11.8. The van der Waals surface area contributed by atoms with Crippen molar-refractivity contribution in [3.63, 3.8) is 0 Å². The Bertz CT molecular complexity index is 498. The molecular weight excluding hydrogens is 278 g/mol. The fourth-order valence-electron chi connectivity index (χ4n) is 1.36. The minimum absolute atomic E-state index is 0. The van der Waals surface area contributed by atoms with E-state index in [1.165, 1.54) is 19.2 Å². The van der Waals surface area contributed by atoms with Crippen LogP contribution in [0.2, 0.25) is 0 Å². The first-order valence-electron chi connectivity index (χ1n) is 4.97. The molecule has 0 aliphatic heterocycles. The van der Waals surface area contributed by atoms with E-state index in [0.717, 1.165) is 11.8 Å². The quantitative estimate of drug-likeness (QED) is 0.820. The van der Waals surface area contributed by atoms with Gasteiger partial charge < -0.3 is 10.5 Å². The molecule has 1 atom stereocenters.